The number of aryl methyl sites for hydroxylation is 3. The number of nitriles is 1. The van der Waals surface area contributed by atoms with Gasteiger partial charge in [0.05, 0.1) is 24.8 Å². The van der Waals surface area contributed by atoms with Crippen LogP contribution in [0.4, 0.5) is 17.6 Å². The molecule has 9 heteroatoms. The normalized spacial score (nSPS) is 13.9. The third kappa shape index (κ3) is 5.42. The van der Waals surface area contributed by atoms with E-state index in [1.165, 1.54) is 5.56 Å². The Morgan fingerprint density at radius 2 is 1.74 bits per heavy atom. The first-order valence-corrected chi connectivity index (χ1v) is 11.4. The Hall–Kier alpha value is -3.74. The molecule has 1 fully saturated rings. The fraction of sp³-hybridized carbons (Fsp3) is 0.360. The van der Waals surface area contributed by atoms with Crippen molar-refractivity contribution >= 4 is 17.6 Å². The maximum absolute atomic E-state index is 9.07. The van der Waals surface area contributed by atoms with Gasteiger partial charge in [-0.3, -0.25) is 5.01 Å². The van der Waals surface area contributed by atoms with Gasteiger partial charge < -0.3 is 14.8 Å². The molecule has 0 aliphatic carbocycles. The van der Waals surface area contributed by atoms with Gasteiger partial charge in [-0.2, -0.15) is 20.2 Å². The number of morpholine rings is 1. The number of nitrogens with zero attached hydrogens (tertiary/aromatic N) is 6. The summed E-state index contributed by atoms with van der Waals surface area (Å²) in [5, 5.41) is 16.5. The van der Waals surface area contributed by atoms with Crippen LogP contribution >= 0.6 is 0 Å². The van der Waals surface area contributed by atoms with Gasteiger partial charge in [-0.15, -0.1) is 0 Å². The first kappa shape index (κ1) is 23.4. The zero-order valence-corrected chi connectivity index (χ0v) is 20.0. The van der Waals surface area contributed by atoms with Crippen molar-refractivity contribution in [1.82, 2.24) is 20.0 Å². The molecule has 2 aromatic carbocycles. The number of anilines is 3. The van der Waals surface area contributed by atoms with E-state index in [1.54, 1.807) is 12.1 Å². The van der Waals surface area contributed by atoms with E-state index in [0.717, 1.165) is 35.7 Å². The number of aromatic nitrogens is 3. The second-order valence-electron chi connectivity index (χ2n) is 8.17. The molecule has 34 heavy (non-hydrogen) atoms. The van der Waals surface area contributed by atoms with Crippen molar-refractivity contribution < 1.29 is 9.47 Å². The van der Waals surface area contributed by atoms with E-state index in [1.807, 2.05) is 31.0 Å². The number of hydrazine groups is 1. The van der Waals surface area contributed by atoms with E-state index < -0.39 is 0 Å². The predicted octanol–water partition coefficient (Wildman–Crippen LogP) is 4.28. The summed E-state index contributed by atoms with van der Waals surface area (Å²) in [5.41, 5.74) is 4.55. The van der Waals surface area contributed by atoms with Gasteiger partial charge in [0.1, 0.15) is 5.75 Å². The van der Waals surface area contributed by atoms with E-state index >= 15 is 0 Å². The molecule has 2 heterocycles. The fourth-order valence-corrected chi connectivity index (χ4v) is 4.00. The molecule has 0 radical (unpaired) electrons. The highest BCUT2D eigenvalue weighted by Gasteiger charge is 2.22. The molecule has 0 atom stereocenters. The molecule has 1 N–H and O–H groups in total. The van der Waals surface area contributed by atoms with Crippen molar-refractivity contribution in [2.45, 2.75) is 27.7 Å². The minimum atomic E-state index is 0.211. The van der Waals surface area contributed by atoms with Crippen LogP contribution in [0.3, 0.4) is 0 Å². The van der Waals surface area contributed by atoms with E-state index in [4.69, 9.17) is 14.7 Å². The molecule has 1 aromatic heterocycles. The molecule has 1 aliphatic heterocycles. The molecule has 9 nitrogen and oxygen atoms in total. The lowest BCUT2D eigenvalue weighted by Gasteiger charge is -2.36. The highest BCUT2D eigenvalue weighted by molar-refractivity contribution is 5.56. The summed E-state index contributed by atoms with van der Waals surface area (Å²) < 4.78 is 11.7. The zero-order valence-electron chi connectivity index (χ0n) is 20.0. The van der Waals surface area contributed by atoms with Crippen LogP contribution in [0, 0.1) is 32.1 Å². The first-order chi connectivity index (χ1) is 16.5. The summed E-state index contributed by atoms with van der Waals surface area (Å²) in [4.78, 5) is 13.9. The predicted molar refractivity (Wildman–Crippen MR) is 130 cm³/mol. The highest BCUT2D eigenvalue weighted by atomic mass is 16.5. The van der Waals surface area contributed by atoms with E-state index in [0.29, 0.717) is 37.2 Å². The van der Waals surface area contributed by atoms with Crippen molar-refractivity contribution in [3.8, 4) is 17.8 Å². The third-order valence-electron chi connectivity index (χ3n) is 5.53. The SMILES string of the molecule is CCN(c1nc(Nc2ccc(C#N)cc2)nc(Oc2c(C)cc(C)cc2C)n1)N1CCOCC1. The summed E-state index contributed by atoms with van der Waals surface area (Å²) >= 11 is 0. The minimum absolute atomic E-state index is 0.211. The molecule has 0 saturated carbocycles. The summed E-state index contributed by atoms with van der Waals surface area (Å²) in [6.07, 6.45) is 0. The van der Waals surface area contributed by atoms with Gasteiger partial charge in [-0.25, -0.2) is 5.01 Å². The van der Waals surface area contributed by atoms with Crippen LogP contribution in [-0.2, 0) is 4.74 Å². The lowest BCUT2D eigenvalue weighted by atomic mass is 10.1. The van der Waals surface area contributed by atoms with Gasteiger partial charge in [0, 0.05) is 25.3 Å². The Kier molecular flexibility index (Phi) is 7.21. The van der Waals surface area contributed by atoms with Crippen molar-refractivity contribution in [2.24, 2.45) is 0 Å². The average Bonchev–Trinajstić information content (AvgIpc) is 2.83. The molecule has 1 saturated heterocycles. The van der Waals surface area contributed by atoms with E-state index in [2.05, 4.69) is 57.3 Å². The lowest BCUT2D eigenvalue weighted by molar-refractivity contribution is 0.0314. The van der Waals surface area contributed by atoms with Crippen molar-refractivity contribution in [2.75, 3.05) is 43.2 Å². The van der Waals surface area contributed by atoms with Crippen LogP contribution < -0.4 is 15.1 Å². The summed E-state index contributed by atoms with van der Waals surface area (Å²) in [6, 6.07) is 13.6. The van der Waals surface area contributed by atoms with E-state index in [9.17, 15) is 0 Å². The van der Waals surface area contributed by atoms with Crippen LogP contribution in [0.2, 0.25) is 0 Å². The van der Waals surface area contributed by atoms with Crippen molar-refractivity contribution in [1.29, 1.82) is 5.26 Å². The molecule has 4 rings (SSSR count). The summed E-state index contributed by atoms with van der Waals surface area (Å²) in [6.45, 7) is 11.6. The second kappa shape index (κ2) is 10.5. The summed E-state index contributed by atoms with van der Waals surface area (Å²) in [7, 11) is 0. The molecule has 3 aromatic rings. The van der Waals surface area contributed by atoms with Crippen LogP contribution in [0.15, 0.2) is 36.4 Å². The molecule has 0 unspecified atom stereocenters. The Balaban J connectivity index is 1.71. The molecule has 176 valence electrons. The standard InChI is InChI=1S/C25H29N7O2/c1-5-32(31-10-12-33-13-11-31)24-28-23(27-21-8-6-20(16-26)7-9-21)29-25(30-24)34-22-18(3)14-17(2)15-19(22)4/h6-9,14-15H,5,10-13H2,1-4H3,(H,27,28,29,30). The maximum Gasteiger partial charge on any atom is 0.328 e. The minimum Gasteiger partial charge on any atom is -0.424 e. The number of ether oxygens (including phenoxy) is 2. The van der Waals surface area contributed by atoms with Crippen LogP contribution in [-0.4, -0.2) is 52.8 Å². The van der Waals surface area contributed by atoms with Gasteiger partial charge in [0.25, 0.3) is 0 Å². The molecule has 0 amide bonds. The van der Waals surface area contributed by atoms with Crippen LogP contribution in [0.1, 0.15) is 29.2 Å². The molecule has 0 bridgehead atoms. The van der Waals surface area contributed by atoms with Gasteiger partial charge in [0.15, 0.2) is 0 Å². The van der Waals surface area contributed by atoms with Gasteiger partial charge in [-0.05, 0) is 63.1 Å². The number of rotatable bonds is 7. The van der Waals surface area contributed by atoms with Crippen molar-refractivity contribution in [3.05, 3.63) is 58.7 Å². The smallest absolute Gasteiger partial charge is 0.328 e. The Bertz CT molecular complexity index is 1160. The fourth-order valence-electron chi connectivity index (χ4n) is 4.00. The average molecular weight is 460 g/mol. The zero-order chi connectivity index (χ0) is 24.1. The highest BCUT2D eigenvalue weighted by Crippen LogP contribution is 2.30. The molecular formula is C25H29N7O2. The third-order valence-corrected chi connectivity index (χ3v) is 5.53. The van der Waals surface area contributed by atoms with Crippen LogP contribution in [0.25, 0.3) is 0 Å². The molecule has 1 aliphatic rings. The Morgan fingerprint density at radius 1 is 1.06 bits per heavy atom. The Labute approximate surface area is 200 Å². The summed E-state index contributed by atoms with van der Waals surface area (Å²) in [5.74, 6) is 1.59. The lowest BCUT2D eigenvalue weighted by Crippen LogP contribution is -2.49. The molecular weight excluding hydrogens is 430 g/mol. The molecule has 0 spiro atoms. The second-order valence-corrected chi connectivity index (χ2v) is 8.17. The largest absolute Gasteiger partial charge is 0.424 e. The van der Waals surface area contributed by atoms with Crippen LogP contribution in [0.5, 0.6) is 11.8 Å². The monoisotopic (exact) mass is 459 g/mol. The van der Waals surface area contributed by atoms with Crippen molar-refractivity contribution in [3.63, 3.8) is 0 Å². The number of benzene rings is 2. The maximum atomic E-state index is 9.07. The Morgan fingerprint density at radius 3 is 2.35 bits per heavy atom. The topological polar surface area (TPSA) is 99.4 Å². The van der Waals surface area contributed by atoms with E-state index in [-0.39, 0.29) is 6.01 Å². The quantitative estimate of drug-likeness (QED) is 0.555. The number of hydrogen-bond acceptors (Lipinski definition) is 9. The van der Waals surface area contributed by atoms with Gasteiger partial charge >= 0.3 is 6.01 Å². The van der Waals surface area contributed by atoms with Gasteiger partial charge in [0.2, 0.25) is 11.9 Å². The number of hydrogen-bond donors (Lipinski definition) is 1. The first-order valence-electron chi connectivity index (χ1n) is 11.4. The number of nitrogens with one attached hydrogen (secondary N) is 1. The van der Waals surface area contributed by atoms with Gasteiger partial charge in [-0.1, -0.05) is 17.7 Å².